The summed E-state index contributed by atoms with van der Waals surface area (Å²) < 4.78 is 13.2. The Hall–Kier alpha value is -2.18. The number of fused-ring (bicyclic) bond motifs is 1. The first-order valence-corrected chi connectivity index (χ1v) is 9.14. The van der Waals surface area contributed by atoms with Crippen molar-refractivity contribution in [2.45, 2.75) is 37.6 Å². The van der Waals surface area contributed by atoms with Crippen LogP contribution in [0.1, 0.15) is 48.4 Å². The number of rotatable bonds is 1. The van der Waals surface area contributed by atoms with Gasteiger partial charge in [-0.15, -0.1) is 0 Å². The lowest BCUT2D eigenvalue weighted by atomic mass is 9.78. The van der Waals surface area contributed by atoms with Crippen LogP contribution in [-0.4, -0.2) is 29.5 Å². The molecule has 4 rings (SSSR count). The minimum atomic E-state index is -0.257. The second-order valence-electron chi connectivity index (χ2n) is 7.29. The molecular formula is C22H23FN2. The summed E-state index contributed by atoms with van der Waals surface area (Å²) in [5.74, 6) is 7.12. The summed E-state index contributed by atoms with van der Waals surface area (Å²) in [5.41, 5.74) is 2.75. The molecule has 2 fully saturated rings. The van der Waals surface area contributed by atoms with E-state index in [2.05, 4.69) is 29.9 Å². The highest BCUT2D eigenvalue weighted by Gasteiger charge is 2.41. The highest BCUT2D eigenvalue weighted by Crippen LogP contribution is 2.43. The molecule has 3 heteroatoms. The Morgan fingerprint density at radius 2 is 1.92 bits per heavy atom. The molecule has 3 atom stereocenters. The zero-order chi connectivity index (χ0) is 17.2. The summed E-state index contributed by atoms with van der Waals surface area (Å²) in [7, 11) is 2.25. The Bertz CT molecular complexity index is 803. The molecule has 2 aromatic rings. The van der Waals surface area contributed by atoms with Crippen LogP contribution in [0, 0.1) is 23.6 Å². The number of nitrogens with zero attached hydrogens (tertiary/aromatic N) is 2. The minimum Gasteiger partial charge on any atom is -0.302 e. The molecule has 128 valence electrons. The van der Waals surface area contributed by atoms with Crippen molar-refractivity contribution in [3.05, 3.63) is 65.2 Å². The van der Waals surface area contributed by atoms with Crippen LogP contribution in [0.2, 0.25) is 0 Å². The van der Waals surface area contributed by atoms with Gasteiger partial charge in [-0.25, -0.2) is 4.39 Å². The first-order chi connectivity index (χ1) is 12.2. The Morgan fingerprint density at radius 1 is 1.08 bits per heavy atom. The number of likely N-dealkylation sites (N-methyl/N-ethyl adjacent to an activating group) is 1. The van der Waals surface area contributed by atoms with Crippen LogP contribution in [-0.2, 0) is 0 Å². The maximum Gasteiger partial charge on any atom is 0.124 e. The van der Waals surface area contributed by atoms with E-state index in [0.717, 1.165) is 24.1 Å². The number of pyridine rings is 1. The molecule has 25 heavy (non-hydrogen) atoms. The minimum absolute atomic E-state index is 0.257. The molecular weight excluding hydrogens is 311 g/mol. The predicted octanol–water partition coefficient (Wildman–Crippen LogP) is 4.21. The molecule has 1 saturated heterocycles. The third kappa shape index (κ3) is 3.45. The monoisotopic (exact) mass is 334 g/mol. The van der Waals surface area contributed by atoms with Gasteiger partial charge in [-0.3, -0.25) is 4.98 Å². The van der Waals surface area contributed by atoms with Gasteiger partial charge < -0.3 is 4.90 Å². The van der Waals surface area contributed by atoms with E-state index >= 15 is 0 Å². The van der Waals surface area contributed by atoms with Crippen molar-refractivity contribution in [1.29, 1.82) is 0 Å². The fourth-order valence-corrected chi connectivity index (χ4v) is 4.46. The van der Waals surface area contributed by atoms with Crippen LogP contribution in [0.3, 0.4) is 0 Å². The van der Waals surface area contributed by atoms with E-state index in [1.807, 2.05) is 18.3 Å². The van der Waals surface area contributed by atoms with Crippen LogP contribution >= 0.6 is 0 Å². The van der Waals surface area contributed by atoms with Gasteiger partial charge in [0.2, 0.25) is 0 Å². The Morgan fingerprint density at radius 3 is 2.72 bits per heavy atom. The fourth-order valence-electron chi connectivity index (χ4n) is 4.46. The number of benzene rings is 1. The average Bonchev–Trinajstić information content (AvgIpc) is 2.98. The van der Waals surface area contributed by atoms with Crippen molar-refractivity contribution in [2.75, 3.05) is 13.6 Å². The van der Waals surface area contributed by atoms with Crippen LogP contribution in [0.4, 0.5) is 4.39 Å². The van der Waals surface area contributed by atoms with Crippen molar-refractivity contribution in [3.8, 4) is 11.8 Å². The predicted molar refractivity (Wildman–Crippen MR) is 97.7 cm³/mol. The molecule has 2 nitrogen and oxygen atoms in total. The van der Waals surface area contributed by atoms with Gasteiger partial charge in [0.25, 0.3) is 0 Å². The van der Waals surface area contributed by atoms with Crippen molar-refractivity contribution >= 4 is 0 Å². The van der Waals surface area contributed by atoms with Gasteiger partial charge in [0, 0.05) is 41.5 Å². The van der Waals surface area contributed by atoms with E-state index in [4.69, 9.17) is 4.98 Å². The summed E-state index contributed by atoms with van der Waals surface area (Å²) >= 11 is 0. The lowest BCUT2D eigenvalue weighted by Gasteiger charge is -2.30. The van der Waals surface area contributed by atoms with Crippen LogP contribution < -0.4 is 0 Å². The molecule has 0 bridgehead atoms. The average molecular weight is 334 g/mol. The third-order valence-corrected chi connectivity index (χ3v) is 5.69. The number of aromatic nitrogens is 1. The second-order valence-corrected chi connectivity index (χ2v) is 7.29. The largest absolute Gasteiger partial charge is 0.302 e. The van der Waals surface area contributed by atoms with Crippen molar-refractivity contribution in [3.63, 3.8) is 0 Å². The van der Waals surface area contributed by atoms with E-state index in [0.29, 0.717) is 11.5 Å². The molecule has 0 N–H and O–H groups in total. The van der Waals surface area contributed by atoms with E-state index < -0.39 is 0 Å². The summed E-state index contributed by atoms with van der Waals surface area (Å²) in [5, 5.41) is 0. The quantitative estimate of drug-likeness (QED) is 0.726. The first kappa shape index (κ1) is 16.3. The number of halogens is 1. The molecule has 1 saturated carbocycles. The topological polar surface area (TPSA) is 16.1 Å². The Kier molecular flexibility index (Phi) is 4.55. The zero-order valence-electron chi connectivity index (χ0n) is 14.6. The first-order valence-electron chi connectivity index (χ1n) is 9.14. The van der Waals surface area contributed by atoms with Gasteiger partial charge in [0.05, 0.1) is 0 Å². The molecule has 1 aliphatic heterocycles. The molecule has 1 aromatic heterocycles. The summed E-state index contributed by atoms with van der Waals surface area (Å²) in [6, 6.07) is 11.3. The molecule has 1 aliphatic carbocycles. The fraction of sp³-hybridized carbons (Fsp3) is 0.409. The molecule has 2 aliphatic rings. The van der Waals surface area contributed by atoms with Gasteiger partial charge >= 0.3 is 0 Å². The summed E-state index contributed by atoms with van der Waals surface area (Å²) in [4.78, 5) is 7.23. The normalized spacial score (nSPS) is 25.9. The van der Waals surface area contributed by atoms with E-state index in [9.17, 15) is 4.39 Å². The van der Waals surface area contributed by atoms with Gasteiger partial charge in [-0.05, 0) is 56.1 Å². The lowest BCUT2D eigenvalue weighted by molar-refractivity contribution is 0.212. The number of hydrogen-bond acceptors (Lipinski definition) is 2. The smallest absolute Gasteiger partial charge is 0.124 e. The van der Waals surface area contributed by atoms with E-state index in [1.54, 1.807) is 6.07 Å². The molecule has 0 radical (unpaired) electrons. The van der Waals surface area contributed by atoms with Crippen molar-refractivity contribution in [1.82, 2.24) is 9.88 Å². The summed E-state index contributed by atoms with van der Waals surface area (Å²) in [6.07, 6.45) is 7.22. The van der Waals surface area contributed by atoms with Gasteiger partial charge in [-0.2, -0.15) is 0 Å². The van der Waals surface area contributed by atoms with Crippen LogP contribution in [0.15, 0.2) is 42.6 Å². The summed E-state index contributed by atoms with van der Waals surface area (Å²) in [6.45, 7) is 1.11. The number of likely N-dealkylation sites (tertiary alicyclic amines) is 1. The molecule has 3 unspecified atom stereocenters. The van der Waals surface area contributed by atoms with Gasteiger partial charge in [-0.1, -0.05) is 30.7 Å². The number of hydrogen-bond donors (Lipinski definition) is 0. The van der Waals surface area contributed by atoms with E-state index in [-0.39, 0.29) is 5.82 Å². The molecule has 0 spiro atoms. The zero-order valence-corrected chi connectivity index (χ0v) is 14.6. The Labute approximate surface area is 149 Å². The van der Waals surface area contributed by atoms with E-state index in [1.165, 1.54) is 43.5 Å². The lowest BCUT2D eigenvalue weighted by Crippen LogP contribution is -2.31. The molecule has 0 amide bonds. The van der Waals surface area contributed by atoms with Gasteiger partial charge in [0.1, 0.15) is 5.82 Å². The SMILES string of the molecule is CN1CC(c2ccc(C#Cc3cccc(F)c3)cn2)C2CCCCC21. The highest BCUT2D eigenvalue weighted by molar-refractivity contribution is 5.42. The maximum absolute atomic E-state index is 13.2. The standard InChI is InChI=1S/C22H23FN2/c1-25-15-20(19-7-2-3-8-22(19)25)21-12-11-17(14-24-21)10-9-16-5-4-6-18(23)13-16/h4-6,11-14,19-20,22H,2-3,7-8,15H2,1H3. The van der Waals surface area contributed by atoms with Gasteiger partial charge in [0.15, 0.2) is 0 Å². The Balaban J connectivity index is 1.51. The maximum atomic E-state index is 13.2. The highest BCUT2D eigenvalue weighted by atomic mass is 19.1. The van der Waals surface area contributed by atoms with Crippen molar-refractivity contribution < 1.29 is 4.39 Å². The second kappa shape index (κ2) is 6.98. The molecule has 1 aromatic carbocycles. The van der Waals surface area contributed by atoms with Crippen LogP contribution in [0.5, 0.6) is 0 Å². The van der Waals surface area contributed by atoms with Crippen LogP contribution in [0.25, 0.3) is 0 Å². The van der Waals surface area contributed by atoms with Crippen molar-refractivity contribution in [2.24, 2.45) is 5.92 Å². The third-order valence-electron chi connectivity index (χ3n) is 5.69. The molecule has 2 heterocycles.